The topological polar surface area (TPSA) is 84.9 Å². The van der Waals surface area contributed by atoms with Crippen molar-refractivity contribution in [2.45, 2.75) is 38.5 Å². The number of carbonyl (C=O) groups excluding carboxylic acids is 3. The van der Waals surface area contributed by atoms with Gasteiger partial charge in [0.25, 0.3) is 11.8 Å². The smallest absolute Gasteiger partial charge is 0.433 e. The number of hydrogen-bond acceptors (Lipinski definition) is 5. The Labute approximate surface area is 322 Å². The van der Waals surface area contributed by atoms with Crippen LogP contribution >= 0.6 is 54.5 Å². The van der Waals surface area contributed by atoms with Gasteiger partial charge in [-0.15, -0.1) is 5.06 Å². The Bertz CT molecular complexity index is 1940. The summed E-state index contributed by atoms with van der Waals surface area (Å²) in [6.45, 7) is -0.536. The Balaban J connectivity index is 1.78. The summed E-state index contributed by atoms with van der Waals surface area (Å²) < 4.78 is 155. The van der Waals surface area contributed by atoms with Crippen LogP contribution in [0.5, 0.6) is 5.75 Å². The van der Waals surface area contributed by atoms with E-state index in [9.17, 15) is 58.3 Å². The molecule has 1 saturated carbocycles. The zero-order valence-electron chi connectivity index (χ0n) is 26.3. The average Bonchev–Trinajstić information content (AvgIpc) is 3.57. The number of nitrogens with one attached hydrogen (secondary N) is 1. The van der Waals surface area contributed by atoms with Gasteiger partial charge in [-0.1, -0.05) is 26.0 Å². The number of halogens is 14. The minimum atomic E-state index is -6.64. The fourth-order valence-electron chi connectivity index (χ4n) is 5.24. The van der Waals surface area contributed by atoms with Gasteiger partial charge in [0.05, 0.1) is 20.6 Å². The van der Waals surface area contributed by atoms with Gasteiger partial charge in [-0.3, -0.25) is 9.59 Å². The SMILES string of the molecule is CC1(C)C(C=C(Br)Br)C1C(=O)ON(C(=O)c1ccc(F)cc1)c1cccc(C(=O)Nc2c(I)cc(C(F)(C(F)(F)F)C(F)(F)F)cc2OC(F)F)c1F. The lowest BCUT2D eigenvalue weighted by atomic mass is 9.93. The molecule has 0 aromatic heterocycles. The van der Waals surface area contributed by atoms with E-state index in [-0.39, 0.29) is 22.8 Å². The van der Waals surface area contributed by atoms with Gasteiger partial charge in [-0.25, -0.2) is 18.0 Å². The predicted octanol–water partition coefficient (Wildman–Crippen LogP) is 10.7. The zero-order chi connectivity index (χ0) is 40.0. The number of anilines is 2. The van der Waals surface area contributed by atoms with Gasteiger partial charge in [-0.05, 0) is 114 Å². The summed E-state index contributed by atoms with van der Waals surface area (Å²) >= 11 is 7.37. The molecule has 0 radical (unpaired) electrons. The summed E-state index contributed by atoms with van der Waals surface area (Å²) in [7, 11) is 0. The fraction of sp³-hybridized carbons (Fsp3) is 0.281. The molecule has 1 fully saturated rings. The highest BCUT2D eigenvalue weighted by atomic mass is 127. The molecule has 1 aliphatic rings. The molecule has 0 aliphatic heterocycles. The molecule has 1 N–H and O–H groups in total. The first-order valence-corrected chi connectivity index (χ1v) is 17.0. The fourth-order valence-corrected chi connectivity index (χ4v) is 6.55. The molecular formula is C32H20Br2F11IN2O5. The van der Waals surface area contributed by atoms with Crippen molar-refractivity contribution < 1.29 is 72.3 Å². The minimum Gasteiger partial charge on any atom is -0.433 e. The van der Waals surface area contributed by atoms with Crippen LogP contribution in [0.1, 0.15) is 40.1 Å². The van der Waals surface area contributed by atoms with Crippen LogP contribution in [0.25, 0.3) is 0 Å². The van der Waals surface area contributed by atoms with Gasteiger partial charge < -0.3 is 14.9 Å². The van der Waals surface area contributed by atoms with E-state index < -0.39 is 103 Å². The summed E-state index contributed by atoms with van der Waals surface area (Å²) in [5.74, 6) is -9.13. The Kier molecular flexibility index (Phi) is 12.2. The van der Waals surface area contributed by atoms with E-state index in [0.29, 0.717) is 3.39 Å². The molecule has 21 heteroatoms. The Morgan fingerprint density at radius 2 is 1.53 bits per heavy atom. The van der Waals surface area contributed by atoms with Crippen molar-refractivity contribution >= 4 is 83.6 Å². The zero-order valence-corrected chi connectivity index (χ0v) is 31.6. The third kappa shape index (κ3) is 8.60. The van der Waals surface area contributed by atoms with Crippen LogP contribution in [0.4, 0.5) is 59.7 Å². The summed E-state index contributed by atoms with van der Waals surface area (Å²) in [5.41, 5.74) is -12.3. The number of alkyl halides is 9. The number of rotatable bonds is 9. The van der Waals surface area contributed by atoms with Gasteiger partial charge in [0.15, 0.2) is 11.6 Å². The maximum absolute atomic E-state index is 16.2. The van der Waals surface area contributed by atoms with Crippen molar-refractivity contribution in [3.05, 3.63) is 96.0 Å². The molecule has 7 nitrogen and oxygen atoms in total. The number of nitrogens with zero attached hydrogens (tertiary/aromatic N) is 1. The van der Waals surface area contributed by atoms with Gasteiger partial charge in [-0.2, -0.15) is 35.1 Å². The molecule has 1 aliphatic carbocycles. The van der Waals surface area contributed by atoms with E-state index in [1.165, 1.54) is 0 Å². The Morgan fingerprint density at radius 3 is 2.06 bits per heavy atom. The first-order chi connectivity index (χ1) is 24.3. The monoisotopic (exact) mass is 1010 g/mol. The Hall–Kier alpha value is -3.47. The lowest BCUT2D eigenvalue weighted by molar-refractivity contribution is -0.348. The van der Waals surface area contributed by atoms with Crippen LogP contribution in [0.15, 0.2) is 64.1 Å². The first-order valence-electron chi connectivity index (χ1n) is 14.4. The lowest BCUT2D eigenvalue weighted by Gasteiger charge is -2.31. The lowest BCUT2D eigenvalue weighted by Crippen LogP contribution is -2.50. The van der Waals surface area contributed by atoms with Crippen LogP contribution in [0, 0.1) is 32.5 Å². The summed E-state index contributed by atoms with van der Waals surface area (Å²) in [6.07, 6.45) is -11.6. The number of hydrogen-bond donors (Lipinski definition) is 1. The second-order valence-corrected chi connectivity index (χ2v) is 15.7. The quantitative estimate of drug-likeness (QED) is 0.131. The number of benzene rings is 3. The van der Waals surface area contributed by atoms with E-state index in [4.69, 9.17) is 4.84 Å². The molecular weight excluding hydrogens is 988 g/mol. The van der Waals surface area contributed by atoms with Gasteiger partial charge in [0, 0.05) is 14.7 Å². The van der Waals surface area contributed by atoms with Crippen LogP contribution in [-0.4, -0.2) is 36.7 Å². The first kappa shape index (κ1) is 42.3. The van der Waals surface area contributed by atoms with E-state index in [1.807, 2.05) is 5.32 Å². The van der Waals surface area contributed by atoms with Crippen LogP contribution in [-0.2, 0) is 15.3 Å². The number of ether oxygens (including phenoxy) is 1. The Morgan fingerprint density at radius 1 is 0.943 bits per heavy atom. The highest BCUT2D eigenvalue weighted by Crippen LogP contribution is 2.60. The highest BCUT2D eigenvalue weighted by molar-refractivity contribution is 14.1. The number of hydroxylamine groups is 1. The van der Waals surface area contributed by atoms with E-state index in [0.717, 1.165) is 65.1 Å². The molecule has 0 heterocycles. The molecule has 286 valence electrons. The van der Waals surface area contributed by atoms with Crippen molar-refractivity contribution in [3.8, 4) is 5.75 Å². The third-order valence-corrected chi connectivity index (χ3v) is 9.44. The summed E-state index contributed by atoms with van der Waals surface area (Å²) in [6, 6.07) is 5.91. The molecule has 2 atom stereocenters. The molecule has 3 aromatic rings. The van der Waals surface area contributed by atoms with Crippen molar-refractivity contribution in [3.63, 3.8) is 0 Å². The summed E-state index contributed by atoms with van der Waals surface area (Å²) in [5, 5.41) is 2.02. The van der Waals surface area contributed by atoms with Crippen LogP contribution < -0.4 is 15.1 Å². The molecule has 0 bridgehead atoms. The summed E-state index contributed by atoms with van der Waals surface area (Å²) in [4.78, 5) is 45.7. The molecule has 0 saturated heterocycles. The molecule has 2 unspecified atom stereocenters. The maximum Gasteiger partial charge on any atom is 0.435 e. The second kappa shape index (κ2) is 15.3. The van der Waals surface area contributed by atoms with Crippen molar-refractivity contribution in [1.82, 2.24) is 0 Å². The normalized spacial score (nSPS) is 16.8. The molecule has 53 heavy (non-hydrogen) atoms. The predicted molar refractivity (Wildman–Crippen MR) is 181 cm³/mol. The van der Waals surface area contributed by atoms with E-state index in [2.05, 4.69) is 36.6 Å². The molecule has 4 rings (SSSR count). The highest BCUT2D eigenvalue weighted by Gasteiger charge is 2.73. The van der Waals surface area contributed by atoms with Crippen molar-refractivity contribution in [1.29, 1.82) is 0 Å². The number of allylic oxidation sites excluding steroid dienone is 1. The molecule has 3 aromatic carbocycles. The van der Waals surface area contributed by atoms with Gasteiger partial charge in [0.2, 0.25) is 0 Å². The van der Waals surface area contributed by atoms with Crippen LogP contribution in [0.3, 0.4) is 0 Å². The van der Waals surface area contributed by atoms with Crippen LogP contribution in [0.2, 0.25) is 0 Å². The minimum absolute atomic E-state index is 0.0409. The third-order valence-electron chi connectivity index (χ3n) is 8.06. The van der Waals surface area contributed by atoms with E-state index in [1.54, 1.807) is 19.9 Å². The molecule has 2 amide bonds. The second-order valence-electron chi connectivity index (χ2n) is 11.8. The van der Waals surface area contributed by atoms with Crippen molar-refractivity contribution in [2.75, 3.05) is 10.4 Å². The van der Waals surface area contributed by atoms with Crippen molar-refractivity contribution in [2.24, 2.45) is 17.3 Å². The largest absolute Gasteiger partial charge is 0.435 e. The van der Waals surface area contributed by atoms with Gasteiger partial charge >= 0.3 is 30.6 Å². The van der Waals surface area contributed by atoms with E-state index >= 15 is 4.39 Å². The average molecular weight is 1010 g/mol. The standard InChI is InChI=1S/C32H20Br2F11IN2O5/c1-29(2)17(12-21(33)34)22(29)27(51)53-48(26(50)13-6-8-15(35)9-7-13)19-5-3-4-16(23(19)36)25(49)47-24-18(46)10-14(11-20(24)52-28(37)38)30(39,31(40,41)42)32(43,44)45/h3-12,17,22,28H,1-2H3,(H,47,49). The maximum atomic E-state index is 16.2. The number of amides is 2. The van der Waals surface area contributed by atoms with Gasteiger partial charge in [0.1, 0.15) is 11.5 Å². The number of carbonyl (C=O) groups is 3. The molecule has 0 spiro atoms.